The summed E-state index contributed by atoms with van der Waals surface area (Å²) >= 11 is 7.65. The predicted octanol–water partition coefficient (Wildman–Crippen LogP) is 5.16. The summed E-state index contributed by atoms with van der Waals surface area (Å²) in [6.07, 6.45) is 0.398. The van der Waals surface area contributed by atoms with Crippen molar-refractivity contribution in [3.63, 3.8) is 0 Å². The highest BCUT2D eigenvalue weighted by Crippen LogP contribution is 2.24. The van der Waals surface area contributed by atoms with E-state index < -0.39 is 0 Å². The van der Waals surface area contributed by atoms with E-state index in [0.717, 1.165) is 16.0 Å². The second-order valence-corrected chi connectivity index (χ2v) is 7.46. The number of halogens is 1. The molecule has 0 radical (unpaired) electrons. The lowest BCUT2D eigenvalue weighted by Crippen LogP contribution is -2.30. The summed E-state index contributed by atoms with van der Waals surface area (Å²) in [6.45, 7) is 2.05. The summed E-state index contributed by atoms with van der Waals surface area (Å²) in [5.41, 5.74) is 2.07. The molecule has 0 fully saturated rings. The van der Waals surface area contributed by atoms with Gasteiger partial charge in [0.15, 0.2) is 0 Å². The highest BCUT2D eigenvalue weighted by atomic mass is 35.5. The van der Waals surface area contributed by atoms with Gasteiger partial charge in [-0.3, -0.25) is 4.79 Å². The Bertz CT molecular complexity index is 811. The van der Waals surface area contributed by atoms with E-state index in [4.69, 9.17) is 11.6 Å². The Morgan fingerprint density at radius 3 is 2.29 bits per heavy atom. The minimum absolute atomic E-state index is 0.0145. The maximum atomic E-state index is 12.5. The average molecular weight is 356 g/mol. The van der Waals surface area contributed by atoms with Gasteiger partial charge in [-0.25, -0.2) is 0 Å². The van der Waals surface area contributed by atoms with E-state index in [1.54, 1.807) is 11.3 Å². The van der Waals surface area contributed by atoms with Gasteiger partial charge in [-0.2, -0.15) is 0 Å². The van der Waals surface area contributed by atoms with Gasteiger partial charge in [0.1, 0.15) is 0 Å². The molecule has 0 aliphatic carbocycles. The minimum Gasteiger partial charge on any atom is -0.345 e. The van der Waals surface area contributed by atoms with Crippen molar-refractivity contribution in [2.24, 2.45) is 0 Å². The molecule has 0 aliphatic rings. The van der Waals surface area contributed by atoms with Gasteiger partial charge < -0.3 is 5.32 Å². The van der Waals surface area contributed by atoms with Crippen molar-refractivity contribution >= 4 is 28.8 Å². The number of aryl methyl sites for hydroxylation is 1. The van der Waals surface area contributed by atoms with Crippen molar-refractivity contribution in [1.29, 1.82) is 0 Å². The molecule has 0 bridgehead atoms. The largest absolute Gasteiger partial charge is 0.345 e. The van der Waals surface area contributed by atoms with Crippen molar-refractivity contribution in [3.8, 4) is 0 Å². The van der Waals surface area contributed by atoms with Gasteiger partial charge in [0.05, 0.1) is 12.5 Å². The maximum Gasteiger partial charge on any atom is 0.226 e. The summed E-state index contributed by atoms with van der Waals surface area (Å²) in [7, 11) is 0. The van der Waals surface area contributed by atoms with Crippen LogP contribution in [0.3, 0.4) is 0 Å². The molecule has 0 saturated carbocycles. The van der Waals surface area contributed by atoms with E-state index >= 15 is 0 Å². The molecular weight excluding hydrogens is 338 g/mol. The maximum absolute atomic E-state index is 12.5. The Hall–Kier alpha value is -2.10. The van der Waals surface area contributed by atoms with Crippen LogP contribution < -0.4 is 5.32 Å². The molecular formula is C20H18ClNOS. The van der Waals surface area contributed by atoms with Gasteiger partial charge >= 0.3 is 0 Å². The van der Waals surface area contributed by atoms with E-state index in [1.807, 2.05) is 73.7 Å². The zero-order chi connectivity index (χ0) is 16.9. The molecule has 1 amide bonds. The fourth-order valence-electron chi connectivity index (χ4n) is 2.61. The number of rotatable bonds is 5. The smallest absolute Gasteiger partial charge is 0.226 e. The highest BCUT2D eigenvalue weighted by molar-refractivity contribution is 7.12. The van der Waals surface area contributed by atoms with Crippen LogP contribution in [0.2, 0.25) is 5.02 Å². The summed E-state index contributed by atoms with van der Waals surface area (Å²) in [4.78, 5) is 14.8. The van der Waals surface area contributed by atoms with Gasteiger partial charge in [-0.15, -0.1) is 11.3 Å². The number of carbonyl (C=O) groups is 1. The van der Waals surface area contributed by atoms with Gasteiger partial charge in [-0.1, -0.05) is 54.1 Å². The predicted molar refractivity (Wildman–Crippen MR) is 101 cm³/mol. The molecule has 1 heterocycles. The Labute approximate surface area is 151 Å². The lowest BCUT2D eigenvalue weighted by atomic mass is 9.98. The lowest BCUT2D eigenvalue weighted by molar-refractivity contribution is -0.120. The molecule has 2 nitrogen and oxygen atoms in total. The molecule has 0 spiro atoms. The molecule has 3 rings (SSSR count). The molecule has 1 N–H and O–H groups in total. The topological polar surface area (TPSA) is 29.1 Å². The van der Waals surface area contributed by atoms with E-state index in [2.05, 4.69) is 5.32 Å². The second kappa shape index (κ2) is 7.65. The molecule has 0 saturated heterocycles. The summed E-state index contributed by atoms with van der Waals surface area (Å²) in [5.74, 6) is 0.0145. The molecule has 24 heavy (non-hydrogen) atoms. The molecule has 0 aliphatic heterocycles. The number of hydrogen-bond acceptors (Lipinski definition) is 2. The molecule has 3 aromatic rings. The van der Waals surface area contributed by atoms with Crippen molar-refractivity contribution in [2.45, 2.75) is 19.4 Å². The Morgan fingerprint density at radius 2 is 1.67 bits per heavy atom. The van der Waals surface area contributed by atoms with Crippen LogP contribution in [0.25, 0.3) is 0 Å². The minimum atomic E-state index is -0.183. The monoisotopic (exact) mass is 355 g/mol. The third-order valence-electron chi connectivity index (χ3n) is 3.77. The number of nitrogens with one attached hydrogen (secondary N) is 1. The van der Waals surface area contributed by atoms with Gasteiger partial charge in [0.25, 0.3) is 0 Å². The number of carbonyl (C=O) groups excluding carboxylic acids is 1. The number of amides is 1. The van der Waals surface area contributed by atoms with Crippen molar-refractivity contribution in [3.05, 3.63) is 92.6 Å². The Balaban J connectivity index is 1.82. The van der Waals surface area contributed by atoms with Crippen molar-refractivity contribution in [1.82, 2.24) is 5.32 Å². The zero-order valence-electron chi connectivity index (χ0n) is 13.3. The van der Waals surface area contributed by atoms with Crippen molar-refractivity contribution < 1.29 is 4.79 Å². The Morgan fingerprint density at radius 1 is 1.00 bits per heavy atom. The van der Waals surface area contributed by atoms with Crippen LogP contribution in [0.15, 0.2) is 66.7 Å². The second-order valence-electron chi connectivity index (χ2n) is 5.65. The Kier molecular flexibility index (Phi) is 5.34. The van der Waals surface area contributed by atoms with Crippen LogP contribution in [0.1, 0.15) is 26.9 Å². The fourth-order valence-corrected chi connectivity index (χ4v) is 3.63. The van der Waals surface area contributed by atoms with Gasteiger partial charge in [-0.05, 0) is 42.3 Å². The van der Waals surface area contributed by atoms with Crippen LogP contribution in [0, 0.1) is 6.92 Å². The quantitative estimate of drug-likeness (QED) is 0.673. The lowest BCUT2D eigenvalue weighted by Gasteiger charge is -2.20. The van der Waals surface area contributed by atoms with E-state index in [1.165, 1.54) is 4.88 Å². The molecule has 1 atom stereocenters. The normalized spacial score (nSPS) is 11.9. The summed E-state index contributed by atoms with van der Waals surface area (Å²) < 4.78 is 0. The summed E-state index contributed by atoms with van der Waals surface area (Å²) in [6, 6.07) is 21.5. The van der Waals surface area contributed by atoms with E-state index in [-0.39, 0.29) is 11.9 Å². The number of thiophene rings is 1. The first-order valence-corrected chi connectivity index (χ1v) is 8.96. The molecule has 1 aromatic heterocycles. The SMILES string of the molecule is Cc1ccc(CC(=O)NC(c2ccccc2)c2ccc(Cl)cc2)s1. The molecule has 4 heteroatoms. The fraction of sp³-hybridized carbons (Fsp3) is 0.150. The van der Waals surface area contributed by atoms with Crippen LogP contribution in [0.5, 0.6) is 0 Å². The highest BCUT2D eigenvalue weighted by Gasteiger charge is 2.17. The van der Waals surface area contributed by atoms with Crippen LogP contribution in [-0.2, 0) is 11.2 Å². The van der Waals surface area contributed by atoms with Crippen LogP contribution >= 0.6 is 22.9 Å². The zero-order valence-corrected chi connectivity index (χ0v) is 14.9. The van der Waals surface area contributed by atoms with Crippen LogP contribution in [-0.4, -0.2) is 5.91 Å². The number of hydrogen-bond donors (Lipinski definition) is 1. The van der Waals surface area contributed by atoms with Gasteiger partial charge in [0, 0.05) is 14.8 Å². The first kappa shape index (κ1) is 16.7. The molecule has 2 aromatic carbocycles. The number of benzene rings is 2. The summed E-state index contributed by atoms with van der Waals surface area (Å²) in [5, 5.41) is 3.84. The van der Waals surface area contributed by atoms with Crippen LogP contribution in [0.4, 0.5) is 0 Å². The molecule has 122 valence electrons. The van der Waals surface area contributed by atoms with E-state index in [9.17, 15) is 4.79 Å². The third-order valence-corrected chi connectivity index (χ3v) is 5.03. The molecule has 1 unspecified atom stereocenters. The average Bonchev–Trinajstić information content (AvgIpc) is 2.99. The van der Waals surface area contributed by atoms with Gasteiger partial charge in [0.2, 0.25) is 5.91 Å². The first-order valence-electron chi connectivity index (χ1n) is 7.77. The third kappa shape index (κ3) is 4.25. The standard InChI is InChI=1S/C20H18ClNOS/c1-14-7-12-18(24-14)13-19(23)22-20(15-5-3-2-4-6-15)16-8-10-17(21)11-9-16/h2-12,20H,13H2,1H3,(H,22,23). The van der Waals surface area contributed by atoms with E-state index in [0.29, 0.717) is 11.4 Å². The first-order chi connectivity index (χ1) is 11.6. The van der Waals surface area contributed by atoms with Crippen molar-refractivity contribution in [2.75, 3.05) is 0 Å².